The van der Waals surface area contributed by atoms with Gasteiger partial charge in [0.05, 0.1) is 5.69 Å². The van der Waals surface area contributed by atoms with Gasteiger partial charge in [-0.15, -0.1) is 0 Å². The average molecular weight is 402 g/mol. The second-order valence-corrected chi connectivity index (χ2v) is 6.38. The van der Waals surface area contributed by atoms with Crippen LogP contribution in [0.5, 0.6) is 5.75 Å². The Kier molecular flexibility index (Phi) is 5.66. The van der Waals surface area contributed by atoms with Gasteiger partial charge in [-0.2, -0.15) is 15.4 Å². The molecule has 150 valence electrons. The van der Waals surface area contributed by atoms with Gasteiger partial charge in [-0.25, -0.2) is 9.59 Å². The predicted molar refractivity (Wildman–Crippen MR) is 110 cm³/mol. The van der Waals surface area contributed by atoms with Crippen molar-refractivity contribution in [2.24, 2.45) is 0 Å². The smallest absolute Gasteiger partial charge is 0.415 e. The molecule has 30 heavy (non-hydrogen) atoms. The fraction of sp³-hybridized carbons (Fsp3) is 0.0909. The van der Waals surface area contributed by atoms with Gasteiger partial charge in [0, 0.05) is 0 Å². The average Bonchev–Trinajstić information content (AvgIpc) is 3.26. The summed E-state index contributed by atoms with van der Waals surface area (Å²) in [6.07, 6.45) is -0.695. The Balaban J connectivity index is 1.56. The number of esters is 1. The lowest BCUT2D eigenvalue weighted by Crippen LogP contribution is -2.38. The molecule has 0 spiro atoms. The number of carbonyl (C=O) groups excluding carboxylic acids is 2. The summed E-state index contributed by atoms with van der Waals surface area (Å²) in [5.74, 6) is -0.224. The lowest BCUT2D eigenvalue weighted by atomic mass is 10.2. The first-order valence-corrected chi connectivity index (χ1v) is 9.24. The molecule has 0 unspecified atom stereocenters. The van der Waals surface area contributed by atoms with Gasteiger partial charge in [-0.1, -0.05) is 54.6 Å². The van der Waals surface area contributed by atoms with E-state index in [4.69, 9.17) is 9.47 Å². The van der Waals surface area contributed by atoms with Crippen LogP contribution in [0.25, 0.3) is 11.0 Å². The number of benzene rings is 3. The summed E-state index contributed by atoms with van der Waals surface area (Å²) in [5.41, 5.74) is 2.23. The first-order valence-electron chi connectivity index (χ1n) is 9.24. The highest BCUT2D eigenvalue weighted by molar-refractivity contribution is 6.01. The highest BCUT2D eigenvalue weighted by Crippen LogP contribution is 2.24. The molecule has 8 nitrogen and oxygen atoms in total. The molecule has 0 aliphatic rings. The summed E-state index contributed by atoms with van der Waals surface area (Å²) in [4.78, 5) is 26.6. The molecule has 0 bridgehead atoms. The molecule has 4 rings (SSSR count). The third-order valence-corrected chi connectivity index (χ3v) is 4.30. The highest BCUT2D eigenvalue weighted by atomic mass is 16.6. The van der Waals surface area contributed by atoms with E-state index >= 15 is 0 Å². The van der Waals surface area contributed by atoms with E-state index in [0.29, 0.717) is 22.5 Å². The minimum atomic E-state index is -0.695. The van der Waals surface area contributed by atoms with Crippen LogP contribution in [0.15, 0.2) is 78.9 Å². The van der Waals surface area contributed by atoms with E-state index in [1.54, 1.807) is 42.5 Å². The second-order valence-electron chi connectivity index (χ2n) is 6.38. The van der Waals surface area contributed by atoms with Crippen molar-refractivity contribution in [1.29, 1.82) is 0 Å². The number of carbonyl (C=O) groups is 2. The van der Waals surface area contributed by atoms with E-state index in [0.717, 1.165) is 5.56 Å². The Labute approximate surface area is 172 Å². The Hall–Kier alpha value is -4.20. The number of nitrogens with zero attached hydrogens (tertiary/aromatic N) is 3. The number of H-pyrrole nitrogens is 1. The standard InChI is InChI=1S/C22H18N4O4/c27-20(30-17-10-5-2-6-11-17)14-26(19-13-7-12-18-21(19)24-25-23-18)22(28)29-15-16-8-3-1-4-9-16/h1-13H,14-15H2,(H,23,24,25). The zero-order chi connectivity index (χ0) is 20.8. The zero-order valence-electron chi connectivity index (χ0n) is 15.9. The van der Waals surface area contributed by atoms with Gasteiger partial charge < -0.3 is 9.47 Å². The fourth-order valence-electron chi connectivity index (χ4n) is 2.90. The number of aromatic nitrogens is 3. The maximum atomic E-state index is 12.9. The first kappa shape index (κ1) is 19.1. The van der Waals surface area contributed by atoms with Crippen LogP contribution in [-0.2, 0) is 16.1 Å². The molecule has 0 aliphatic carbocycles. The fourth-order valence-corrected chi connectivity index (χ4v) is 2.90. The van der Waals surface area contributed by atoms with Gasteiger partial charge in [0.2, 0.25) is 0 Å². The number of ether oxygens (including phenoxy) is 2. The molecule has 0 atom stereocenters. The maximum Gasteiger partial charge on any atom is 0.415 e. The van der Waals surface area contributed by atoms with Crippen molar-refractivity contribution < 1.29 is 19.1 Å². The van der Waals surface area contributed by atoms with Crippen molar-refractivity contribution in [2.75, 3.05) is 11.4 Å². The van der Waals surface area contributed by atoms with Crippen LogP contribution in [-0.4, -0.2) is 34.0 Å². The monoisotopic (exact) mass is 402 g/mol. The molecule has 1 N–H and O–H groups in total. The van der Waals surface area contributed by atoms with E-state index in [2.05, 4.69) is 15.4 Å². The highest BCUT2D eigenvalue weighted by Gasteiger charge is 2.25. The molecular formula is C22H18N4O4. The van der Waals surface area contributed by atoms with E-state index in [9.17, 15) is 9.59 Å². The number of amides is 1. The summed E-state index contributed by atoms with van der Waals surface area (Å²) < 4.78 is 10.8. The van der Waals surface area contributed by atoms with Crippen LogP contribution in [0, 0.1) is 0 Å². The molecule has 0 fully saturated rings. The molecule has 0 saturated heterocycles. The number of anilines is 1. The molecule has 8 heteroatoms. The van der Waals surface area contributed by atoms with Gasteiger partial charge in [0.1, 0.15) is 29.9 Å². The summed E-state index contributed by atoms with van der Waals surface area (Å²) in [6.45, 7) is -0.285. The molecule has 0 radical (unpaired) electrons. The van der Waals surface area contributed by atoms with Gasteiger partial charge in [0.25, 0.3) is 0 Å². The number of hydrogen-bond donors (Lipinski definition) is 1. The van der Waals surface area contributed by atoms with Crippen molar-refractivity contribution in [3.63, 3.8) is 0 Å². The van der Waals surface area contributed by atoms with Crippen LogP contribution in [0.3, 0.4) is 0 Å². The minimum absolute atomic E-state index is 0.0682. The lowest BCUT2D eigenvalue weighted by Gasteiger charge is -2.21. The number of fused-ring (bicyclic) bond motifs is 1. The third-order valence-electron chi connectivity index (χ3n) is 4.30. The van der Waals surface area contributed by atoms with Gasteiger partial charge >= 0.3 is 12.1 Å². The predicted octanol–water partition coefficient (Wildman–Crippen LogP) is 3.71. The third kappa shape index (κ3) is 4.44. The van der Waals surface area contributed by atoms with Gasteiger partial charge in [-0.3, -0.25) is 4.90 Å². The molecule has 0 aliphatic heterocycles. The van der Waals surface area contributed by atoms with E-state index in [1.165, 1.54) is 4.90 Å². The van der Waals surface area contributed by atoms with Crippen LogP contribution < -0.4 is 9.64 Å². The number of nitrogens with one attached hydrogen (secondary N) is 1. The summed E-state index contributed by atoms with van der Waals surface area (Å²) in [5, 5.41) is 10.7. The largest absolute Gasteiger partial charge is 0.444 e. The van der Waals surface area contributed by atoms with Crippen LogP contribution in [0.2, 0.25) is 0 Å². The molecule has 4 aromatic rings. The van der Waals surface area contributed by atoms with E-state index in [-0.39, 0.29) is 13.2 Å². The summed E-state index contributed by atoms with van der Waals surface area (Å²) in [6, 6.07) is 23.1. The molecule has 0 saturated carbocycles. The van der Waals surface area contributed by atoms with E-state index < -0.39 is 12.1 Å². The SMILES string of the molecule is O=C(CN(C(=O)OCc1ccccc1)c1cccc2n[nH]nc12)Oc1ccccc1. The van der Waals surface area contributed by atoms with Crippen LogP contribution in [0.1, 0.15) is 5.56 Å². The van der Waals surface area contributed by atoms with E-state index in [1.807, 2.05) is 36.4 Å². The molecule has 1 aromatic heterocycles. The Bertz CT molecular complexity index is 1150. The molecular weight excluding hydrogens is 384 g/mol. The first-order chi connectivity index (χ1) is 14.7. The van der Waals surface area contributed by atoms with Crippen molar-refractivity contribution in [3.8, 4) is 5.75 Å². The van der Waals surface area contributed by atoms with Crippen molar-refractivity contribution >= 4 is 28.8 Å². The number of aromatic amines is 1. The molecule has 3 aromatic carbocycles. The maximum absolute atomic E-state index is 12.9. The minimum Gasteiger partial charge on any atom is -0.444 e. The van der Waals surface area contributed by atoms with Crippen LogP contribution in [0.4, 0.5) is 10.5 Å². The quantitative estimate of drug-likeness (QED) is 0.390. The Morgan fingerprint density at radius 3 is 2.37 bits per heavy atom. The van der Waals surface area contributed by atoms with Crippen LogP contribution >= 0.6 is 0 Å². The zero-order valence-corrected chi connectivity index (χ0v) is 15.9. The number of rotatable bonds is 6. The van der Waals surface area contributed by atoms with Crippen molar-refractivity contribution in [3.05, 3.63) is 84.4 Å². The number of para-hydroxylation sites is 2. The lowest BCUT2D eigenvalue weighted by molar-refractivity contribution is -0.132. The number of hydrogen-bond acceptors (Lipinski definition) is 6. The van der Waals surface area contributed by atoms with Crippen molar-refractivity contribution in [2.45, 2.75) is 6.61 Å². The second kappa shape index (κ2) is 8.87. The summed E-state index contributed by atoms with van der Waals surface area (Å²) >= 11 is 0. The molecule has 1 heterocycles. The topological polar surface area (TPSA) is 97.4 Å². The molecule has 1 amide bonds. The van der Waals surface area contributed by atoms with Gasteiger partial charge in [0.15, 0.2) is 0 Å². The van der Waals surface area contributed by atoms with Gasteiger partial charge in [-0.05, 0) is 29.8 Å². The summed E-state index contributed by atoms with van der Waals surface area (Å²) in [7, 11) is 0. The Morgan fingerprint density at radius 2 is 1.60 bits per heavy atom. The Morgan fingerprint density at radius 1 is 0.867 bits per heavy atom. The van der Waals surface area contributed by atoms with Crippen molar-refractivity contribution in [1.82, 2.24) is 15.4 Å². The normalized spacial score (nSPS) is 10.5.